The van der Waals surface area contributed by atoms with E-state index in [1.54, 1.807) is 25.3 Å². The number of hydrogen-bond donors (Lipinski definition) is 2. The Bertz CT molecular complexity index is 347. The van der Waals surface area contributed by atoms with Gasteiger partial charge in [-0.3, -0.25) is 0 Å². The minimum Gasteiger partial charge on any atom is -0.507 e. The number of phenols is 1. The molecule has 16 heavy (non-hydrogen) atoms. The van der Waals surface area contributed by atoms with Crippen molar-refractivity contribution in [3.8, 4) is 11.5 Å². The molecule has 0 aliphatic heterocycles. The molecule has 0 bridgehead atoms. The van der Waals surface area contributed by atoms with Crippen molar-refractivity contribution in [2.45, 2.75) is 26.8 Å². The predicted molar refractivity (Wildman–Crippen MR) is 68.3 cm³/mol. The molecule has 3 nitrogen and oxygen atoms in total. The Morgan fingerprint density at radius 2 is 1.88 bits per heavy atom. The topological polar surface area (TPSA) is 55.5 Å². The van der Waals surface area contributed by atoms with Crippen molar-refractivity contribution >= 4 is 12.4 Å². The van der Waals surface area contributed by atoms with Crippen molar-refractivity contribution in [1.29, 1.82) is 0 Å². The van der Waals surface area contributed by atoms with Crippen LogP contribution >= 0.6 is 12.4 Å². The molecule has 1 aromatic carbocycles. The summed E-state index contributed by atoms with van der Waals surface area (Å²) < 4.78 is 5.20. The van der Waals surface area contributed by atoms with Gasteiger partial charge in [0.2, 0.25) is 0 Å². The Balaban J connectivity index is 0.00000225. The molecule has 1 atom stereocenters. The van der Waals surface area contributed by atoms with Crippen LogP contribution in [0.25, 0.3) is 0 Å². The Hall–Kier alpha value is -0.930. The molecule has 1 rings (SSSR count). The third-order valence-electron chi connectivity index (χ3n) is 2.51. The number of nitrogens with two attached hydrogens (primary N) is 1. The molecule has 0 heterocycles. The minimum atomic E-state index is -0.256. The first-order chi connectivity index (χ1) is 6.88. The number of aromatic hydroxyl groups is 1. The second kappa shape index (κ2) is 5.41. The average molecular weight is 246 g/mol. The Kier molecular flexibility index (Phi) is 5.10. The summed E-state index contributed by atoms with van der Waals surface area (Å²) >= 11 is 0. The SMILES string of the molecule is COc1cccc(O)c1[C@H](N)C(C)(C)C.Cl. The van der Waals surface area contributed by atoms with Crippen molar-refractivity contribution in [3.05, 3.63) is 23.8 Å². The molecule has 3 N–H and O–H groups in total. The lowest BCUT2D eigenvalue weighted by atomic mass is 9.82. The largest absolute Gasteiger partial charge is 0.507 e. The van der Waals surface area contributed by atoms with Crippen molar-refractivity contribution in [2.24, 2.45) is 11.1 Å². The highest BCUT2D eigenvalue weighted by Crippen LogP contribution is 2.40. The number of ether oxygens (including phenoxy) is 1. The van der Waals surface area contributed by atoms with Gasteiger partial charge in [0.15, 0.2) is 0 Å². The van der Waals surface area contributed by atoms with Crippen molar-refractivity contribution in [3.63, 3.8) is 0 Å². The fourth-order valence-corrected chi connectivity index (χ4v) is 1.46. The van der Waals surface area contributed by atoms with E-state index in [1.165, 1.54) is 0 Å². The quantitative estimate of drug-likeness (QED) is 0.843. The van der Waals surface area contributed by atoms with Gasteiger partial charge >= 0.3 is 0 Å². The maximum absolute atomic E-state index is 9.80. The van der Waals surface area contributed by atoms with Crippen LogP contribution in [0.5, 0.6) is 11.5 Å². The van der Waals surface area contributed by atoms with Crippen molar-refractivity contribution in [2.75, 3.05) is 7.11 Å². The molecule has 0 amide bonds. The van der Waals surface area contributed by atoms with Gasteiger partial charge < -0.3 is 15.6 Å². The zero-order valence-corrected chi connectivity index (χ0v) is 11.0. The van der Waals surface area contributed by atoms with Gasteiger partial charge in [-0.15, -0.1) is 12.4 Å². The lowest BCUT2D eigenvalue weighted by Gasteiger charge is -2.29. The summed E-state index contributed by atoms with van der Waals surface area (Å²) in [6.45, 7) is 6.09. The van der Waals surface area contributed by atoms with E-state index in [9.17, 15) is 5.11 Å². The second-order valence-electron chi connectivity index (χ2n) is 4.74. The predicted octanol–water partition coefficient (Wildman–Crippen LogP) is 2.87. The summed E-state index contributed by atoms with van der Waals surface area (Å²) in [5.74, 6) is 0.828. The first kappa shape index (κ1) is 15.1. The van der Waals surface area contributed by atoms with Crippen molar-refractivity contribution < 1.29 is 9.84 Å². The number of hydrogen-bond acceptors (Lipinski definition) is 3. The van der Waals surface area contributed by atoms with Crippen LogP contribution in [-0.2, 0) is 0 Å². The van der Waals surface area contributed by atoms with E-state index in [1.807, 2.05) is 20.8 Å². The summed E-state index contributed by atoms with van der Waals surface area (Å²) in [5, 5.41) is 9.80. The summed E-state index contributed by atoms with van der Waals surface area (Å²) in [5.41, 5.74) is 6.66. The van der Waals surface area contributed by atoms with Gasteiger partial charge in [-0.25, -0.2) is 0 Å². The molecule has 0 fully saturated rings. The van der Waals surface area contributed by atoms with E-state index in [4.69, 9.17) is 10.5 Å². The third-order valence-corrected chi connectivity index (χ3v) is 2.51. The summed E-state index contributed by atoms with van der Waals surface area (Å²) in [6, 6.07) is 4.92. The van der Waals surface area contributed by atoms with Gasteiger partial charge in [0.25, 0.3) is 0 Å². The van der Waals surface area contributed by atoms with Crippen LogP contribution in [0, 0.1) is 5.41 Å². The highest BCUT2D eigenvalue weighted by Gasteiger charge is 2.27. The van der Waals surface area contributed by atoms with Crippen LogP contribution in [0.1, 0.15) is 32.4 Å². The molecule has 0 aliphatic carbocycles. The molecular formula is C12H20ClNO2. The monoisotopic (exact) mass is 245 g/mol. The Morgan fingerprint density at radius 1 is 1.31 bits per heavy atom. The minimum absolute atomic E-state index is 0. The molecule has 92 valence electrons. The zero-order chi connectivity index (χ0) is 11.6. The maximum Gasteiger partial charge on any atom is 0.127 e. The number of phenolic OH excluding ortho intramolecular Hbond substituents is 1. The Labute approximate surface area is 103 Å². The molecule has 0 spiro atoms. The number of halogens is 1. The Morgan fingerprint density at radius 3 is 2.31 bits per heavy atom. The van der Waals surface area contributed by atoms with E-state index in [-0.39, 0.29) is 29.6 Å². The van der Waals surface area contributed by atoms with Gasteiger partial charge in [-0.05, 0) is 17.5 Å². The molecular weight excluding hydrogens is 226 g/mol. The van der Waals surface area contributed by atoms with E-state index < -0.39 is 0 Å². The van der Waals surface area contributed by atoms with Crippen molar-refractivity contribution in [1.82, 2.24) is 0 Å². The first-order valence-electron chi connectivity index (χ1n) is 4.99. The van der Waals surface area contributed by atoms with E-state index in [0.717, 1.165) is 0 Å². The second-order valence-corrected chi connectivity index (χ2v) is 4.74. The van der Waals surface area contributed by atoms with Crippen LogP contribution < -0.4 is 10.5 Å². The van der Waals surface area contributed by atoms with Gasteiger partial charge in [-0.1, -0.05) is 26.8 Å². The van der Waals surface area contributed by atoms with E-state index in [2.05, 4.69) is 0 Å². The molecule has 0 saturated heterocycles. The molecule has 0 aliphatic rings. The highest BCUT2D eigenvalue weighted by molar-refractivity contribution is 5.85. The summed E-state index contributed by atoms with van der Waals surface area (Å²) in [7, 11) is 1.58. The van der Waals surface area contributed by atoms with Crippen LogP contribution in [0.15, 0.2) is 18.2 Å². The van der Waals surface area contributed by atoms with Gasteiger partial charge in [0, 0.05) is 6.04 Å². The van der Waals surface area contributed by atoms with Gasteiger partial charge in [0.05, 0.1) is 12.7 Å². The summed E-state index contributed by atoms with van der Waals surface area (Å²) in [6.07, 6.45) is 0. The number of methoxy groups -OCH3 is 1. The lowest BCUT2D eigenvalue weighted by Crippen LogP contribution is -2.26. The molecule has 0 unspecified atom stereocenters. The van der Waals surface area contributed by atoms with E-state index in [0.29, 0.717) is 11.3 Å². The molecule has 0 saturated carbocycles. The third kappa shape index (κ3) is 3.03. The molecule has 0 aromatic heterocycles. The molecule has 1 aromatic rings. The maximum atomic E-state index is 9.80. The zero-order valence-electron chi connectivity index (χ0n) is 10.2. The molecule has 4 heteroatoms. The van der Waals surface area contributed by atoms with Crippen LogP contribution in [0.4, 0.5) is 0 Å². The summed E-state index contributed by atoms with van der Waals surface area (Å²) in [4.78, 5) is 0. The first-order valence-corrected chi connectivity index (χ1v) is 4.99. The fraction of sp³-hybridized carbons (Fsp3) is 0.500. The average Bonchev–Trinajstić information content (AvgIpc) is 2.15. The van der Waals surface area contributed by atoms with E-state index >= 15 is 0 Å². The van der Waals surface area contributed by atoms with Crippen LogP contribution in [0.3, 0.4) is 0 Å². The van der Waals surface area contributed by atoms with Crippen LogP contribution in [0.2, 0.25) is 0 Å². The standard InChI is InChI=1S/C12H19NO2.ClH/c1-12(2,3)11(13)10-8(14)6-5-7-9(10)15-4;/h5-7,11,14H,13H2,1-4H3;1H/t11-;/m0./s1. The van der Waals surface area contributed by atoms with Crippen LogP contribution in [-0.4, -0.2) is 12.2 Å². The molecule has 0 radical (unpaired) electrons. The number of benzene rings is 1. The number of rotatable bonds is 2. The normalized spacial score (nSPS) is 12.8. The van der Waals surface area contributed by atoms with Gasteiger partial charge in [-0.2, -0.15) is 0 Å². The fourth-order valence-electron chi connectivity index (χ4n) is 1.46. The van der Waals surface area contributed by atoms with Gasteiger partial charge in [0.1, 0.15) is 11.5 Å². The highest BCUT2D eigenvalue weighted by atomic mass is 35.5. The lowest BCUT2D eigenvalue weighted by molar-refractivity contribution is 0.304. The smallest absolute Gasteiger partial charge is 0.127 e.